The van der Waals surface area contributed by atoms with Crippen LogP contribution < -0.4 is 10.5 Å². The highest BCUT2D eigenvalue weighted by Crippen LogP contribution is 2.29. The molecular weight excluding hydrogens is 333 g/mol. The lowest BCUT2D eigenvalue weighted by Gasteiger charge is -2.13. The SMILES string of the molecule is CCC(N)Cc1ccc(C)c(Oc2ccc(Br)c(F)c2)c1. The molecule has 1 atom stereocenters. The summed E-state index contributed by atoms with van der Waals surface area (Å²) in [6, 6.07) is 10.9. The lowest BCUT2D eigenvalue weighted by Crippen LogP contribution is -2.21. The highest BCUT2D eigenvalue weighted by Gasteiger charge is 2.08. The van der Waals surface area contributed by atoms with Gasteiger partial charge in [0.05, 0.1) is 4.47 Å². The van der Waals surface area contributed by atoms with Crippen molar-refractivity contribution >= 4 is 15.9 Å². The Morgan fingerprint density at radius 2 is 2.00 bits per heavy atom. The second-order valence-electron chi connectivity index (χ2n) is 5.15. The molecule has 0 aliphatic heterocycles. The first-order valence-electron chi connectivity index (χ1n) is 6.97. The highest BCUT2D eigenvalue weighted by atomic mass is 79.9. The van der Waals surface area contributed by atoms with Gasteiger partial charge in [0.2, 0.25) is 0 Å². The van der Waals surface area contributed by atoms with E-state index in [-0.39, 0.29) is 11.9 Å². The van der Waals surface area contributed by atoms with Crippen molar-refractivity contribution in [2.75, 3.05) is 0 Å². The Kier molecular flexibility index (Phi) is 5.37. The topological polar surface area (TPSA) is 35.2 Å². The molecule has 2 aromatic rings. The minimum absolute atomic E-state index is 0.144. The van der Waals surface area contributed by atoms with E-state index in [1.165, 1.54) is 6.07 Å². The minimum atomic E-state index is -0.339. The molecule has 0 aliphatic rings. The minimum Gasteiger partial charge on any atom is -0.457 e. The van der Waals surface area contributed by atoms with E-state index in [1.54, 1.807) is 12.1 Å². The molecule has 1 unspecified atom stereocenters. The molecule has 112 valence electrons. The molecule has 0 saturated heterocycles. The van der Waals surface area contributed by atoms with Gasteiger partial charge < -0.3 is 10.5 Å². The zero-order valence-corrected chi connectivity index (χ0v) is 13.8. The van der Waals surface area contributed by atoms with Crippen molar-refractivity contribution in [2.45, 2.75) is 32.7 Å². The maximum absolute atomic E-state index is 13.5. The Morgan fingerprint density at radius 1 is 1.24 bits per heavy atom. The van der Waals surface area contributed by atoms with Crippen molar-refractivity contribution in [2.24, 2.45) is 5.73 Å². The average molecular weight is 352 g/mol. The zero-order valence-electron chi connectivity index (χ0n) is 12.2. The van der Waals surface area contributed by atoms with Crippen LogP contribution in [0.1, 0.15) is 24.5 Å². The normalized spacial score (nSPS) is 12.2. The summed E-state index contributed by atoms with van der Waals surface area (Å²) in [5.41, 5.74) is 8.12. The Bertz CT molecular complexity index is 630. The van der Waals surface area contributed by atoms with E-state index in [4.69, 9.17) is 10.5 Å². The molecule has 2 N–H and O–H groups in total. The largest absolute Gasteiger partial charge is 0.457 e. The van der Waals surface area contributed by atoms with Crippen molar-refractivity contribution in [3.05, 3.63) is 57.8 Å². The van der Waals surface area contributed by atoms with E-state index in [0.29, 0.717) is 10.2 Å². The summed E-state index contributed by atoms with van der Waals surface area (Å²) in [7, 11) is 0. The number of aryl methyl sites for hydroxylation is 1. The van der Waals surface area contributed by atoms with E-state index in [0.717, 1.165) is 29.7 Å². The van der Waals surface area contributed by atoms with Gasteiger partial charge in [0.15, 0.2) is 0 Å². The predicted octanol–water partition coefficient (Wildman–Crippen LogP) is 4.97. The third-order valence-corrected chi connectivity index (χ3v) is 4.04. The Hall–Kier alpha value is -1.39. The molecule has 2 aromatic carbocycles. The van der Waals surface area contributed by atoms with Gasteiger partial charge in [0.25, 0.3) is 0 Å². The first kappa shape index (κ1) is 16.0. The first-order valence-corrected chi connectivity index (χ1v) is 7.77. The molecule has 0 aromatic heterocycles. The molecule has 0 amide bonds. The number of rotatable bonds is 5. The van der Waals surface area contributed by atoms with Gasteiger partial charge in [-0.25, -0.2) is 4.39 Å². The van der Waals surface area contributed by atoms with Crippen molar-refractivity contribution in [1.82, 2.24) is 0 Å². The van der Waals surface area contributed by atoms with E-state index >= 15 is 0 Å². The van der Waals surface area contributed by atoms with Crippen LogP contribution in [0.5, 0.6) is 11.5 Å². The Balaban J connectivity index is 2.22. The van der Waals surface area contributed by atoms with E-state index in [2.05, 4.69) is 28.9 Å². The van der Waals surface area contributed by atoms with Gasteiger partial charge in [-0.3, -0.25) is 0 Å². The third kappa shape index (κ3) is 4.29. The van der Waals surface area contributed by atoms with Crippen molar-refractivity contribution in [3.63, 3.8) is 0 Å². The monoisotopic (exact) mass is 351 g/mol. The molecule has 0 fully saturated rings. The van der Waals surface area contributed by atoms with Gasteiger partial charge >= 0.3 is 0 Å². The van der Waals surface area contributed by atoms with Crippen molar-refractivity contribution in [1.29, 1.82) is 0 Å². The zero-order chi connectivity index (χ0) is 15.4. The smallest absolute Gasteiger partial charge is 0.141 e. The summed E-state index contributed by atoms with van der Waals surface area (Å²) in [4.78, 5) is 0. The lowest BCUT2D eigenvalue weighted by molar-refractivity contribution is 0.471. The summed E-state index contributed by atoms with van der Waals surface area (Å²) < 4.78 is 19.8. The molecular formula is C17H19BrFNO. The molecule has 2 rings (SSSR count). The van der Waals surface area contributed by atoms with Gasteiger partial charge in [-0.05, 0) is 65.0 Å². The predicted molar refractivity (Wildman–Crippen MR) is 87.3 cm³/mol. The fourth-order valence-corrected chi connectivity index (χ4v) is 2.24. The maximum Gasteiger partial charge on any atom is 0.141 e. The lowest BCUT2D eigenvalue weighted by atomic mass is 10.0. The molecule has 0 saturated carbocycles. The van der Waals surface area contributed by atoms with Crippen LogP contribution in [0.15, 0.2) is 40.9 Å². The van der Waals surface area contributed by atoms with Gasteiger partial charge in [-0.15, -0.1) is 0 Å². The number of halogens is 2. The van der Waals surface area contributed by atoms with Crippen LogP contribution in [0.2, 0.25) is 0 Å². The first-order chi connectivity index (χ1) is 9.99. The summed E-state index contributed by atoms with van der Waals surface area (Å²) in [5.74, 6) is 0.877. The standard InChI is InChI=1S/C17H19BrFNO/c1-3-13(20)8-12-5-4-11(2)17(9-12)21-14-6-7-15(18)16(19)10-14/h4-7,9-10,13H,3,8,20H2,1-2H3. The van der Waals surface area contributed by atoms with Crippen molar-refractivity contribution < 1.29 is 9.13 Å². The number of hydrogen-bond donors (Lipinski definition) is 1. The van der Waals surface area contributed by atoms with Gasteiger partial charge in [0, 0.05) is 12.1 Å². The molecule has 0 bridgehead atoms. The van der Waals surface area contributed by atoms with Crippen LogP contribution in [0.4, 0.5) is 4.39 Å². The van der Waals surface area contributed by atoms with Crippen molar-refractivity contribution in [3.8, 4) is 11.5 Å². The number of hydrogen-bond acceptors (Lipinski definition) is 2. The van der Waals surface area contributed by atoms with Crippen LogP contribution in [0.25, 0.3) is 0 Å². The molecule has 0 radical (unpaired) electrons. The van der Waals surface area contributed by atoms with Crippen LogP contribution in [-0.2, 0) is 6.42 Å². The van der Waals surface area contributed by atoms with Crippen LogP contribution in [0, 0.1) is 12.7 Å². The van der Waals surface area contributed by atoms with E-state index in [9.17, 15) is 4.39 Å². The van der Waals surface area contributed by atoms with E-state index in [1.807, 2.05) is 19.1 Å². The maximum atomic E-state index is 13.5. The molecule has 0 aliphatic carbocycles. The second kappa shape index (κ2) is 7.05. The molecule has 0 heterocycles. The van der Waals surface area contributed by atoms with Crippen LogP contribution in [0.3, 0.4) is 0 Å². The number of benzene rings is 2. The fraction of sp³-hybridized carbons (Fsp3) is 0.294. The fourth-order valence-electron chi connectivity index (χ4n) is 2.00. The van der Waals surface area contributed by atoms with E-state index < -0.39 is 0 Å². The molecule has 4 heteroatoms. The highest BCUT2D eigenvalue weighted by molar-refractivity contribution is 9.10. The molecule has 0 spiro atoms. The summed E-state index contributed by atoms with van der Waals surface area (Å²) in [6.45, 7) is 4.04. The third-order valence-electron chi connectivity index (χ3n) is 3.39. The number of nitrogens with two attached hydrogens (primary N) is 1. The Labute approximate surface area is 133 Å². The summed E-state index contributed by atoms with van der Waals surface area (Å²) in [6.07, 6.45) is 1.74. The molecule has 21 heavy (non-hydrogen) atoms. The van der Waals surface area contributed by atoms with Gasteiger partial charge in [0.1, 0.15) is 17.3 Å². The average Bonchev–Trinajstić information content (AvgIpc) is 2.46. The van der Waals surface area contributed by atoms with Crippen LogP contribution in [-0.4, -0.2) is 6.04 Å². The summed E-state index contributed by atoms with van der Waals surface area (Å²) in [5, 5.41) is 0. The molecule has 2 nitrogen and oxygen atoms in total. The Morgan fingerprint density at radius 3 is 2.67 bits per heavy atom. The second-order valence-corrected chi connectivity index (χ2v) is 6.00. The number of ether oxygens (including phenoxy) is 1. The van der Waals surface area contributed by atoms with Gasteiger partial charge in [-0.2, -0.15) is 0 Å². The summed E-state index contributed by atoms with van der Waals surface area (Å²) >= 11 is 3.13. The van der Waals surface area contributed by atoms with Crippen LogP contribution >= 0.6 is 15.9 Å². The van der Waals surface area contributed by atoms with Gasteiger partial charge in [-0.1, -0.05) is 19.1 Å². The quantitative estimate of drug-likeness (QED) is 0.825.